The fourth-order valence-corrected chi connectivity index (χ4v) is 2.78. The Labute approximate surface area is 131 Å². The molecule has 106 valence electrons. The highest BCUT2D eigenvalue weighted by Gasteiger charge is 2.14. The van der Waals surface area contributed by atoms with E-state index in [1.165, 1.54) is 6.07 Å². The van der Waals surface area contributed by atoms with Gasteiger partial charge in [0.2, 0.25) is 0 Å². The van der Waals surface area contributed by atoms with Gasteiger partial charge in [-0.2, -0.15) is 0 Å². The number of benzene rings is 2. The van der Waals surface area contributed by atoms with Crippen LogP contribution in [0, 0.1) is 19.7 Å². The van der Waals surface area contributed by atoms with Crippen molar-refractivity contribution >= 4 is 34.1 Å². The van der Waals surface area contributed by atoms with Crippen LogP contribution in [0.3, 0.4) is 0 Å². The second-order valence-corrected chi connectivity index (χ2v) is 5.65. The maximum Gasteiger partial charge on any atom is 0.163 e. The number of hydrogen-bond donors (Lipinski definition) is 0. The zero-order valence-corrected chi connectivity index (χ0v) is 12.9. The number of rotatable bonds is 1. The standard InChI is InChI=1S/C16H11Cl2FN2/c1-8-6-9(2)14-11(7-8)15(18)21-16(20-14)10-4-3-5-12(19)13(10)17/h3-7H,1-2H3. The predicted molar refractivity (Wildman–Crippen MR) is 84.4 cm³/mol. The lowest BCUT2D eigenvalue weighted by Crippen LogP contribution is -1.96. The van der Waals surface area contributed by atoms with Crippen molar-refractivity contribution in [1.29, 1.82) is 0 Å². The van der Waals surface area contributed by atoms with Gasteiger partial charge < -0.3 is 0 Å². The van der Waals surface area contributed by atoms with Gasteiger partial charge in [0.15, 0.2) is 5.82 Å². The van der Waals surface area contributed by atoms with Crippen LogP contribution in [0.4, 0.5) is 4.39 Å². The molecule has 0 aliphatic carbocycles. The first-order valence-electron chi connectivity index (χ1n) is 6.36. The summed E-state index contributed by atoms with van der Waals surface area (Å²) in [4.78, 5) is 8.76. The number of aryl methyl sites for hydroxylation is 2. The molecule has 5 heteroatoms. The molecular weight excluding hydrogens is 310 g/mol. The molecule has 0 bridgehead atoms. The molecule has 0 radical (unpaired) electrons. The Morgan fingerprint density at radius 3 is 2.57 bits per heavy atom. The highest BCUT2D eigenvalue weighted by atomic mass is 35.5. The van der Waals surface area contributed by atoms with Gasteiger partial charge in [0.25, 0.3) is 0 Å². The van der Waals surface area contributed by atoms with Crippen LogP contribution in [0.15, 0.2) is 30.3 Å². The molecule has 0 unspecified atom stereocenters. The lowest BCUT2D eigenvalue weighted by molar-refractivity contribution is 0.628. The van der Waals surface area contributed by atoms with Gasteiger partial charge in [0.05, 0.1) is 10.5 Å². The second kappa shape index (κ2) is 5.24. The van der Waals surface area contributed by atoms with Gasteiger partial charge in [0, 0.05) is 10.9 Å². The number of halogens is 3. The van der Waals surface area contributed by atoms with Gasteiger partial charge in [-0.3, -0.25) is 0 Å². The minimum Gasteiger partial charge on any atom is -0.228 e. The molecule has 1 aromatic heterocycles. The lowest BCUT2D eigenvalue weighted by Gasteiger charge is -2.09. The molecule has 0 saturated carbocycles. The minimum atomic E-state index is -0.505. The third kappa shape index (κ3) is 2.47. The molecule has 0 aliphatic rings. The monoisotopic (exact) mass is 320 g/mol. The molecule has 21 heavy (non-hydrogen) atoms. The Morgan fingerprint density at radius 1 is 1.05 bits per heavy atom. The van der Waals surface area contributed by atoms with Crippen LogP contribution in [0.25, 0.3) is 22.3 Å². The SMILES string of the molecule is Cc1cc(C)c2nc(-c3cccc(F)c3Cl)nc(Cl)c2c1. The van der Waals surface area contributed by atoms with Gasteiger partial charge in [0.1, 0.15) is 11.0 Å². The topological polar surface area (TPSA) is 25.8 Å². The summed E-state index contributed by atoms with van der Waals surface area (Å²) in [6.45, 7) is 3.94. The summed E-state index contributed by atoms with van der Waals surface area (Å²) in [5.74, 6) is -0.182. The van der Waals surface area contributed by atoms with Gasteiger partial charge in [-0.15, -0.1) is 0 Å². The quantitative estimate of drug-likeness (QED) is 0.564. The third-order valence-electron chi connectivity index (χ3n) is 3.28. The summed E-state index contributed by atoms with van der Waals surface area (Å²) in [5, 5.41) is 1.12. The van der Waals surface area contributed by atoms with Crippen LogP contribution in [-0.4, -0.2) is 9.97 Å². The van der Waals surface area contributed by atoms with Crippen LogP contribution in [0.2, 0.25) is 10.2 Å². The van der Waals surface area contributed by atoms with E-state index in [0.29, 0.717) is 16.5 Å². The van der Waals surface area contributed by atoms with Crippen molar-refractivity contribution in [3.8, 4) is 11.4 Å². The Bertz CT molecular complexity index is 863. The van der Waals surface area contributed by atoms with Crippen LogP contribution in [-0.2, 0) is 0 Å². The number of aromatic nitrogens is 2. The summed E-state index contributed by atoms with van der Waals surface area (Å²) in [5.41, 5.74) is 3.25. The van der Waals surface area contributed by atoms with Gasteiger partial charge in [-0.1, -0.05) is 40.9 Å². The van der Waals surface area contributed by atoms with E-state index in [9.17, 15) is 4.39 Å². The van der Waals surface area contributed by atoms with E-state index in [4.69, 9.17) is 23.2 Å². The van der Waals surface area contributed by atoms with E-state index in [1.54, 1.807) is 12.1 Å². The Morgan fingerprint density at radius 2 is 1.81 bits per heavy atom. The van der Waals surface area contributed by atoms with Gasteiger partial charge in [-0.25, -0.2) is 14.4 Å². The van der Waals surface area contributed by atoms with E-state index >= 15 is 0 Å². The number of hydrogen-bond acceptors (Lipinski definition) is 2. The minimum absolute atomic E-state index is 0.00215. The second-order valence-electron chi connectivity index (χ2n) is 4.92. The normalized spacial score (nSPS) is 11.1. The molecule has 1 heterocycles. The van der Waals surface area contributed by atoms with E-state index in [-0.39, 0.29) is 5.02 Å². The zero-order valence-electron chi connectivity index (χ0n) is 11.4. The summed E-state index contributed by atoms with van der Waals surface area (Å²) < 4.78 is 13.6. The summed E-state index contributed by atoms with van der Waals surface area (Å²) in [6.07, 6.45) is 0. The molecule has 0 atom stereocenters. The molecule has 0 aliphatic heterocycles. The van der Waals surface area contributed by atoms with Gasteiger partial charge in [-0.05, 0) is 37.6 Å². The molecule has 0 amide bonds. The third-order valence-corrected chi connectivity index (χ3v) is 3.95. The molecule has 3 rings (SSSR count). The van der Waals surface area contributed by atoms with Crippen molar-refractivity contribution in [1.82, 2.24) is 9.97 Å². The van der Waals surface area contributed by atoms with Crippen molar-refractivity contribution in [3.63, 3.8) is 0 Å². The molecule has 3 aromatic rings. The first-order chi connectivity index (χ1) is 9.97. The average Bonchev–Trinajstić information content (AvgIpc) is 2.43. The molecule has 0 saturated heterocycles. The highest BCUT2D eigenvalue weighted by molar-refractivity contribution is 6.35. The molecule has 2 aromatic carbocycles. The van der Waals surface area contributed by atoms with Crippen molar-refractivity contribution in [2.75, 3.05) is 0 Å². The Balaban J connectivity index is 2.33. The van der Waals surface area contributed by atoms with Crippen LogP contribution >= 0.6 is 23.2 Å². The predicted octanol–water partition coefficient (Wildman–Crippen LogP) is 5.36. The fraction of sp³-hybridized carbons (Fsp3) is 0.125. The van der Waals surface area contributed by atoms with E-state index in [0.717, 1.165) is 22.0 Å². The smallest absolute Gasteiger partial charge is 0.163 e. The fourth-order valence-electron chi connectivity index (χ4n) is 2.35. The van der Waals surface area contributed by atoms with Crippen molar-refractivity contribution in [2.24, 2.45) is 0 Å². The van der Waals surface area contributed by atoms with Crippen LogP contribution in [0.5, 0.6) is 0 Å². The van der Waals surface area contributed by atoms with Crippen LogP contribution in [0.1, 0.15) is 11.1 Å². The summed E-state index contributed by atoms with van der Waals surface area (Å²) >= 11 is 12.3. The Hall–Kier alpha value is -1.71. The van der Waals surface area contributed by atoms with E-state index in [1.807, 2.05) is 26.0 Å². The number of fused-ring (bicyclic) bond motifs is 1. The number of nitrogens with zero attached hydrogens (tertiary/aromatic N) is 2. The average molecular weight is 321 g/mol. The van der Waals surface area contributed by atoms with Gasteiger partial charge >= 0.3 is 0 Å². The zero-order chi connectivity index (χ0) is 15.1. The summed E-state index contributed by atoms with van der Waals surface area (Å²) in [6, 6.07) is 8.49. The summed E-state index contributed by atoms with van der Waals surface area (Å²) in [7, 11) is 0. The highest BCUT2D eigenvalue weighted by Crippen LogP contribution is 2.32. The van der Waals surface area contributed by atoms with Crippen molar-refractivity contribution in [2.45, 2.75) is 13.8 Å². The molecular formula is C16H11Cl2FN2. The Kier molecular flexibility index (Phi) is 3.56. The maximum absolute atomic E-state index is 13.6. The van der Waals surface area contributed by atoms with E-state index in [2.05, 4.69) is 9.97 Å². The maximum atomic E-state index is 13.6. The molecule has 2 nitrogen and oxygen atoms in total. The largest absolute Gasteiger partial charge is 0.228 e. The molecule has 0 N–H and O–H groups in total. The first kappa shape index (κ1) is 14.2. The van der Waals surface area contributed by atoms with Crippen molar-refractivity contribution < 1.29 is 4.39 Å². The van der Waals surface area contributed by atoms with E-state index < -0.39 is 5.82 Å². The van der Waals surface area contributed by atoms with Crippen LogP contribution < -0.4 is 0 Å². The molecule has 0 fully saturated rings. The first-order valence-corrected chi connectivity index (χ1v) is 7.12. The van der Waals surface area contributed by atoms with Crippen molar-refractivity contribution in [3.05, 3.63) is 57.5 Å². The lowest BCUT2D eigenvalue weighted by atomic mass is 10.1. The molecule has 0 spiro atoms.